The first-order chi connectivity index (χ1) is 6.70. The van der Waals surface area contributed by atoms with Crippen molar-refractivity contribution in [3.63, 3.8) is 0 Å². The van der Waals surface area contributed by atoms with Crippen molar-refractivity contribution in [1.82, 2.24) is 4.90 Å². The lowest BCUT2D eigenvalue weighted by Gasteiger charge is -2.15. The summed E-state index contributed by atoms with van der Waals surface area (Å²) in [5.41, 5.74) is 0. The van der Waals surface area contributed by atoms with Crippen LogP contribution in [0.1, 0.15) is 53.4 Å². The summed E-state index contributed by atoms with van der Waals surface area (Å²) in [5.74, 6) is 1.01. The maximum absolute atomic E-state index is 11.5. The molecular formula is C12H25NO. The van der Waals surface area contributed by atoms with Gasteiger partial charge in [-0.05, 0) is 25.2 Å². The highest BCUT2D eigenvalue weighted by Gasteiger charge is 2.17. The van der Waals surface area contributed by atoms with Gasteiger partial charge in [0, 0.05) is 19.5 Å². The van der Waals surface area contributed by atoms with Gasteiger partial charge in [-0.25, -0.2) is 0 Å². The first kappa shape index (κ1) is 13.5. The molecule has 84 valence electrons. The zero-order chi connectivity index (χ0) is 11.0. The lowest BCUT2D eigenvalue weighted by Crippen LogP contribution is -2.27. The summed E-state index contributed by atoms with van der Waals surface area (Å²) in [5, 5.41) is 0. The van der Waals surface area contributed by atoms with Gasteiger partial charge in [-0.2, -0.15) is 0 Å². The predicted molar refractivity (Wildman–Crippen MR) is 61.2 cm³/mol. The molecular weight excluding hydrogens is 174 g/mol. The maximum Gasteiger partial charge on any atom is 0.222 e. The van der Waals surface area contributed by atoms with Crippen molar-refractivity contribution < 1.29 is 4.79 Å². The Labute approximate surface area is 88.7 Å². The molecule has 0 unspecified atom stereocenters. The zero-order valence-corrected chi connectivity index (χ0v) is 10.2. The summed E-state index contributed by atoms with van der Waals surface area (Å²) in [6.07, 6.45) is 4.19. The number of likely N-dealkylation sites (tertiary alicyclic amines) is 1. The summed E-state index contributed by atoms with van der Waals surface area (Å²) < 4.78 is 0. The first-order valence-electron chi connectivity index (χ1n) is 5.98. The van der Waals surface area contributed by atoms with Crippen LogP contribution < -0.4 is 0 Å². The van der Waals surface area contributed by atoms with Gasteiger partial charge in [0.05, 0.1) is 0 Å². The van der Waals surface area contributed by atoms with Crippen LogP contribution in [0.15, 0.2) is 0 Å². The maximum atomic E-state index is 11.5. The first-order valence-corrected chi connectivity index (χ1v) is 5.98. The van der Waals surface area contributed by atoms with Crippen molar-refractivity contribution >= 4 is 5.91 Å². The Hall–Kier alpha value is -0.530. The minimum absolute atomic E-state index is 0.362. The number of carbonyl (C=O) groups is 1. The minimum atomic E-state index is 0.362. The van der Waals surface area contributed by atoms with E-state index in [4.69, 9.17) is 0 Å². The molecule has 0 bridgehead atoms. The minimum Gasteiger partial charge on any atom is -0.343 e. The topological polar surface area (TPSA) is 20.3 Å². The molecule has 1 aliphatic heterocycles. The van der Waals surface area contributed by atoms with Crippen LogP contribution >= 0.6 is 0 Å². The number of nitrogens with zero attached hydrogens (tertiary/aromatic N) is 1. The predicted octanol–water partition coefficient (Wildman–Crippen LogP) is 3.07. The third-order valence-electron chi connectivity index (χ3n) is 2.39. The van der Waals surface area contributed by atoms with Crippen LogP contribution in [0, 0.1) is 5.92 Å². The Morgan fingerprint density at radius 1 is 1.21 bits per heavy atom. The Balaban J connectivity index is 0.000000791. The smallest absolute Gasteiger partial charge is 0.222 e. The van der Waals surface area contributed by atoms with Crippen molar-refractivity contribution in [2.24, 2.45) is 5.92 Å². The van der Waals surface area contributed by atoms with Crippen molar-refractivity contribution in [1.29, 1.82) is 0 Å². The second-order valence-electron chi connectivity index (χ2n) is 4.02. The highest BCUT2D eigenvalue weighted by molar-refractivity contribution is 5.76. The van der Waals surface area contributed by atoms with E-state index < -0.39 is 0 Å². The highest BCUT2D eigenvalue weighted by atomic mass is 16.2. The lowest BCUT2D eigenvalue weighted by atomic mass is 10.1. The summed E-state index contributed by atoms with van der Waals surface area (Å²) >= 11 is 0. The van der Waals surface area contributed by atoms with E-state index in [1.54, 1.807) is 0 Å². The molecule has 14 heavy (non-hydrogen) atoms. The molecule has 0 spiro atoms. The molecule has 1 amide bonds. The molecule has 0 atom stereocenters. The van der Waals surface area contributed by atoms with Gasteiger partial charge in [-0.1, -0.05) is 27.7 Å². The van der Waals surface area contributed by atoms with E-state index in [-0.39, 0.29) is 0 Å². The van der Waals surface area contributed by atoms with Gasteiger partial charge in [0.1, 0.15) is 0 Å². The fourth-order valence-electron chi connectivity index (χ4n) is 1.54. The van der Waals surface area contributed by atoms with Crippen LogP contribution in [0.5, 0.6) is 0 Å². The number of hydrogen-bond acceptors (Lipinski definition) is 1. The van der Waals surface area contributed by atoms with Crippen LogP contribution in [0.2, 0.25) is 0 Å². The van der Waals surface area contributed by atoms with Crippen LogP contribution in [-0.2, 0) is 4.79 Å². The second-order valence-corrected chi connectivity index (χ2v) is 4.02. The van der Waals surface area contributed by atoms with E-state index in [1.165, 1.54) is 12.8 Å². The molecule has 0 saturated carbocycles. The van der Waals surface area contributed by atoms with Crippen molar-refractivity contribution in [3.05, 3.63) is 0 Å². The summed E-state index contributed by atoms with van der Waals surface area (Å²) in [6.45, 7) is 10.3. The van der Waals surface area contributed by atoms with Gasteiger partial charge < -0.3 is 4.90 Å². The molecule has 0 aromatic carbocycles. The quantitative estimate of drug-likeness (QED) is 0.684. The van der Waals surface area contributed by atoms with E-state index in [0.717, 1.165) is 25.9 Å². The van der Waals surface area contributed by atoms with Crippen molar-refractivity contribution in [2.45, 2.75) is 53.4 Å². The van der Waals surface area contributed by atoms with Gasteiger partial charge in [-0.3, -0.25) is 4.79 Å². The Bertz CT molecular complexity index is 148. The van der Waals surface area contributed by atoms with Gasteiger partial charge in [0.25, 0.3) is 0 Å². The van der Waals surface area contributed by atoms with Crippen LogP contribution in [0.4, 0.5) is 0 Å². The molecule has 1 fully saturated rings. The van der Waals surface area contributed by atoms with Crippen LogP contribution in [-0.4, -0.2) is 23.9 Å². The van der Waals surface area contributed by atoms with Crippen LogP contribution in [0.3, 0.4) is 0 Å². The fraction of sp³-hybridized carbons (Fsp3) is 0.917. The monoisotopic (exact) mass is 199 g/mol. The normalized spacial score (nSPS) is 15.4. The molecule has 0 aromatic heterocycles. The number of hydrogen-bond donors (Lipinski definition) is 0. The van der Waals surface area contributed by atoms with E-state index in [1.807, 2.05) is 18.7 Å². The zero-order valence-electron chi connectivity index (χ0n) is 10.2. The molecule has 0 N–H and O–H groups in total. The molecule has 1 aliphatic rings. The second kappa shape index (κ2) is 7.84. The SMILES string of the molecule is CC.CC(C)CCC(=O)N1CCCC1. The Kier molecular flexibility index (Phi) is 7.54. The van der Waals surface area contributed by atoms with E-state index in [2.05, 4.69) is 13.8 Å². The van der Waals surface area contributed by atoms with Gasteiger partial charge in [-0.15, -0.1) is 0 Å². The third-order valence-corrected chi connectivity index (χ3v) is 2.39. The van der Waals surface area contributed by atoms with E-state index in [9.17, 15) is 4.79 Å². The van der Waals surface area contributed by atoms with Crippen molar-refractivity contribution in [3.8, 4) is 0 Å². The molecule has 0 aliphatic carbocycles. The average molecular weight is 199 g/mol. The molecule has 1 saturated heterocycles. The summed E-state index contributed by atoms with van der Waals surface area (Å²) in [4.78, 5) is 13.5. The van der Waals surface area contributed by atoms with Gasteiger partial charge in [0.2, 0.25) is 5.91 Å². The van der Waals surface area contributed by atoms with Gasteiger partial charge in [0.15, 0.2) is 0 Å². The third kappa shape index (κ3) is 5.25. The standard InChI is InChI=1S/C10H19NO.C2H6/c1-9(2)5-6-10(12)11-7-3-4-8-11;1-2/h9H,3-8H2,1-2H3;1-2H3. The molecule has 2 nitrogen and oxygen atoms in total. The van der Waals surface area contributed by atoms with E-state index >= 15 is 0 Å². The highest BCUT2D eigenvalue weighted by Crippen LogP contribution is 2.12. The van der Waals surface area contributed by atoms with Gasteiger partial charge >= 0.3 is 0 Å². The molecule has 0 aromatic rings. The van der Waals surface area contributed by atoms with Crippen molar-refractivity contribution in [2.75, 3.05) is 13.1 Å². The number of carbonyl (C=O) groups excluding carboxylic acids is 1. The Morgan fingerprint density at radius 2 is 1.71 bits per heavy atom. The summed E-state index contributed by atoms with van der Waals surface area (Å²) in [7, 11) is 0. The lowest BCUT2D eigenvalue weighted by molar-refractivity contribution is -0.130. The average Bonchev–Trinajstić information content (AvgIpc) is 2.70. The largest absolute Gasteiger partial charge is 0.343 e. The van der Waals surface area contributed by atoms with Crippen LogP contribution in [0.25, 0.3) is 0 Å². The fourth-order valence-corrected chi connectivity index (χ4v) is 1.54. The molecule has 1 rings (SSSR count). The molecule has 0 radical (unpaired) electrons. The number of amides is 1. The van der Waals surface area contributed by atoms with E-state index in [0.29, 0.717) is 11.8 Å². The number of rotatable bonds is 3. The summed E-state index contributed by atoms with van der Waals surface area (Å²) in [6, 6.07) is 0. The molecule has 1 heterocycles. The molecule has 2 heteroatoms. The Morgan fingerprint density at radius 3 is 2.14 bits per heavy atom.